The van der Waals surface area contributed by atoms with Crippen LogP contribution < -0.4 is 4.74 Å². The Morgan fingerprint density at radius 2 is 2.06 bits per heavy atom. The van der Waals surface area contributed by atoms with E-state index in [1.165, 1.54) is 11.6 Å². The van der Waals surface area contributed by atoms with E-state index in [9.17, 15) is 14.7 Å². The number of nitrogens with zero attached hydrogens (tertiary/aromatic N) is 1. The molecule has 180 valence electrons. The zero-order chi connectivity index (χ0) is 23.9. The second kappa shape index (κ2) is 9.09. The molecule has 2 aliphatic carbocycles. The molecule has 4 atom stereocenters. The molecule has 0 aromatic heterocycles. The van der Waals surface area contributed by atoms with Crippen molar-refractivity contribution in [2.45, 2.75) is 77.4 Å². The van der Waals surface area contributed by atoms with Crippen LogP contribution >= 0.6 is 0 Å². The number of carbonyl (C=O) groups is 2. The molecule has 1 N–H and O–H groups in total. The highest BCUT2D eigenvalue weighted by Gasteiger charge is 2.42. The number of carbonyl (C=O) groups excluding carboxylic acids is 1. The molecular weight excluding hydrogens is 425 g/mol. The predicted molar refractivity (Wildman–Crippen MR) is 122 cm³/mol. The van der Waals surface area contributed by atoms with Gasteiger partial charge in [0.1, 0.15) is 18.3 Å². The maximum absolute atomic E-state index is 15.2. The minimum atomic E-state index is -1.16. The van der Waals surface area contributed by atoms with Gasteiger partial charge in [-0.25, -0.2) is 9.18 Å². The largest absolute Gasteiger partial charge is 0.493 e. The van der Waals surface area contributed by atoms with E-state index < -0.39 is 29.8 Å². The summed E-state index contributed by atoms with van der Waals surface area (Å²) in [6.45, 7) is 10.5. The van der Waals surface area contributed by atoms with Crippen LogP contribution in [-0.4, -0.2) is 47.4 Å². The van der Waals surface area contributed by atoms with Crippen LogP contribution in [-0.2, 0) is 9.53 Å². The number of hydrogen-bond donors (Lipinski definition) is 1. The van der Waals surface area contributed by atoms with Gasteiger partial charge in [0, 0.05) is 11.5 Å². The minimum absolute atomic E-state index is 0.0156. The molecule has 0 bridgehead atoms. The van der Waals surface area contributed by atoms with Crippen molar-refractivity contribution in [1.82, 2.24) is 4.90 Å². The first kappa shape index (κ1) is 23.7. The van der Waals surface area contributed by atoms with E-state index in [0.717, 1.165) is 49.0 Å². The summed E-state index contributed by atoms with van der Waals surface area (Å²) < 4.78 is 26.8. The van der Waals surface area contributed by atoms with Crippen LogP contribution in [0.15, 0.2) is 24.3 Å². The fourth-order valence-electron chi connectivity index (χ4n) is 5.56. The van der Waals surface area contributed by atoms with Gasteiger partial charge in [0.05, 0.1) is 18.3 Å². The van der Waals surface area contributed by atoms with Crippen LogP contribution in [0.3, 0.4) is 0 Å². The van der Waals surface area contributed by atoms with Crippen molar-refractivity contribution in [2.24, 2.45) is 11.3 Å². The number of allylic oxidation sites excluding steroid dienone is 1. The third kappa shape index (κ3) is 4.79. The molecule has 7 heteroatoms. The Labute approximate surface area is 194 Å². The third-order valence-corrected chi connectivity index (χ3v) is 7.45. The van der Waals surface area contributed by atoms with Gasteiger partial charge in [0.2, 0.25) is 0 Å². The maximum Gasteiger partial charge on any atom is 0.329 e. The molecule has 1 saturated heterocycles. The quantitative estimate of drug-likeness (QED) is 0.573. The average Bonchev–Trinajstić information content (AvgIpc) is 3.52. The SMILES string of the molecule is C=C1CC(C)CC(CC)(COc2cc(F)c(C(=O)N3CO[C@@H](C)[C@@H]3C(=O)O)cc2C2CC2)C1. The smallest absolute Gasteiger partial charge is 0.329 e. The lowest BCUT2D eigenvalue weighted by Gasteiger charge is -2.40. The number of ether oxygens (including phenoxy) is 2. The molecule has 1 aromatic rings. The molecule has 1 aliphatic heterocycles. The topological polar surface area (TPSA) is 76.1 Å². The Kier molecular flexibility index (Phi) is 6.54. The lowest BCUT2D eigenvalue weighted by Crippen LogP contribution is -2.44. The van der Waals surface area contributed by atoms with Crippen molar-refractivity contribution in [1.29, 1.82) is 0 Å². The molecule has 2 unspecified atom stereocenters. The summed E-state index contributed by atoms with van der Waals surface area (Å²) in [6, 6.07) is 1.73. The van der Waals surface area contributed by atoms with Gasteiger partial charge in [-0.05, 0) is 68.9 Å². The Balaban J connectivity index is 1.59. The molecule has 6 nitrogen and oxygen atoms in total. The van der Waals surface area contributed by atoms with Crippen LogP contribution in [0.5, 0.6) is 5.75 Å². The standard InChI is InChI=1S/C26H34FNO5/c1-5-26(11-15(2)8-16(3)12-26)13-32-22-10-21(27)20(9-19(22)18-6-7-18)24(29)28-14-33-17(4)23(28)25(30)31/h9-10,16-18,23H,2,5-8,11-14H2,1,3-4H3,(H,30,31)/t16?,17-,23+,26?/m0/s1. The molecule has 3 fully saturated rings. The summed E-state index contributed by atoms with van der Waals surface area (Å²) in [4.78, 5) is 25.8. The van der Waals surface area contributed by atoms with Crippen LogP contribution in [0.25, 0.3) is 0 Å². The van der Waals surface area contributed by atoms with Crippen LogP contribution in [0, 0.1) is 17.2 Å². The number of hydrogen-bond acceptors (Lipinski definition) is 4. The van der Waals surface area contributed by atoms with Crippen molar-refractivity contribution < 1.29 is 28.6 Å². The first-order chi connectivity index (χ1) is 15.6. The molecule has 1 aromatic carbocycles. The number of amides is 1. The van der Waals surface area contributed by atoms with Crippen molar-refractivity contribution in [3.63, 3.8) is 0 Å². The van der Waals surface area contributed by atoms with E-state index in [4.69, 9.17) is 9.47 Å². The highest BCUT2D eigenvalue weighted by Crippen LogP contribution is 2.48. The van der Waals surface area contributed by atoms with Gasteiger partial charge < -0.3 is 14.6 Å². The van der Waals surface area contributed by atoms with Gasteiger partial charge in [-0.15, -0.1) is 0 Å². The normalized spacial score (nSPS) is 29.9. The zero-order valence-electron chi connectivity index (χ0n) is 19.7. The molecule has 3 aliphatic rings. The maximum atomic E-state index is 15.2. The van der Waals surface area contributed by atoms with Crippen molar-refractivity contribution in [2.75, 3.05) is 13.3 Å². The second-order valence-electron chi connectivity index (χ2n) is 10.3. The van der Waals surface area contributed by atoms with Gasteiger partial charge in [0.25, 0.3) is 5.91 Å². The van der Waals surface area contributed by atoms with E-state index in [0.29, 0.717) is 18.3 Å². The predicted octanol–water partition coefficient (Wildman–Crippen LogP) is 5.13. The lowest BCUT2D eigenvalue weighted by molar-refractivity contribution is -0.142. The molecule has 2 saturated carbocycles. The van der Waals surface area contributed by atoms with E-state index in [1.54, 1.807) is 13.0 Å². The molecule has 33 heavy (non-hydrogen) atoms. The van der Waals surface area contributed by atoms with Gasteiger partial charge in [-0.1, -0.05) is 26.0 Å². The third-order valence-electron chi connectivity index (χ3n) is 7.45. The van der Waals surface area contributed by atoms with Gasteiger partial charge in [-0.2, -0.15) is 0 Å². The summed E-state index contributed by atoms with van der Waals surface area (Å²) in [6.07, 6.45) is 5.22. The fourth-order valence-corrected chi connectivity index (χ4v) is 5.56. The number of halogens is 1. The highest BCUT2D eigenvalue weighted by atomic mass is 19.1. The van der Waals surface area contributed by atoms with E-state index in [1.807, 2.05) is 0 Å². The van der Waals surface area contributed by atoms with Crippen LogP contribution in [0.2, 0.25) is 0 Å². The van der Waals surface area contributed by atoms with Gasteiger partial charge >= 0.3 is 5.97 Å². The molecule has 4 rings (SSSR count). The molecule has 1 heterocycles. The molecule has 1 amide bonds. The monoisotopic (exact) mass is 459 g/mol. The Morgan fingerprint density at radius 1 is 1.33 bits per heavy atom. The number of aliphatic carboxylic acids is 1. The van der Waals surface area contributed by atoms with Crippen LogP contribution in [0.4, 0.5) is 4.39 Å². The molecule has 0 spiro atoms. The Bertz CT molecular complexity index is 958. The summed E-state index contributed by atoms with van der Waals surface area (Å²) in [7, 11) is 0. The van der Waals surface area contributed by atoms with Crippen molar-refractivity contribution in [3.05, 3.63) is 41.2 Å². The summed E-state index contributed by atoms with van der Waals surface area (Å²) in [5.74, 6) is -1.26. The van der Waals surface area contributed by atoms with Crippen molar-refractivity contribution in [3.8, 4) is 5.75 Å². The number of carboxylic acid groups (broad SMARTS) is 1. The average molecular weight is 460 g/mol. The van der Waals surface area contributed by atoms with Crippen LogP contribution in [0.1, 0.15) is 81.1 Å². The molecule has 0 radical (unpaired) electrons. The molecular formula is C26H34FNO5. The Morgan fingerprint density at radius 3 is 2.67 bits per heavy atom. The van der Waals surface area contributed by atoms with E-state index in [2.05, 4.69) is 20.4 Å². The highest BCUT2D eigenvalue weighted by molar-refractivity contribution is 5.97. The van der Waals surface area contributed by atoms with Gasteiger partial charge in [-0.3, -0.25) is 9.69 Å². The summed E-state index contributed by atoms with van der Waals surface area (Å²) in [5.41, 5.74) is 1.92. The van der Waals surface area contributed by atoms with E-state index in [-0.39, 0.29) is 23.6 Å². The number of carboxylic acids is 1. The zero-order valence-corrected chi connectivity index (χ0v) is 19.7. The van der Waals surface area contributed by atoms with E-state index >= 15 is 4.39 Å². The number of rotatable bonds is 7. The number of benzene rings is 1. The Hall–Kier alpha value is -2.41. The first-order valence-electron chi connectivity index (χ1n) is 11.9. The minimum Gasteiger partial charge on any atom is -0.493 e. The lowest BCUT2D eigenvalue weighted by atomic mass is 9.67. The second-order valence-corrected chi connectivity index (χ2v) is 10.3. The van der Waals surface area contributed by atoms with Gasteiger partial charge in [0.15, 0.2) is 6.04 Å². The fraction of sp³-hybridized carbons (Fsp3) is 0.615. The van der Waals surface area contributed by atoms with Crippen molar-refractivity contribution >= 4 is 11.9 Å². The summed E-state index contributed by atoms with van der Waals surface area (Å²) >= 11 is 0. The first-order valence-corrected chi connectivity index (χ1v) is 11.9. The summed E-state index contributed by atoms with van der Waals surface area (Å²) in [5, 5.41) is 9.50.